The highest BCUT2D eigenvalue weighted by molar-refractivity contribution is 7.90. The molecule has 5 nitrogen and oxygen atoms in total. The molecular formula is C33H33N3O2S. The molecule has 0 aliphatic carbocycles. The summed E-state index contributed by atoms with van der Waals surface area (Å²) in [6, 6.07) is 25.6. The number of aryl methyl sites for hydroxylation is 2. The SMILES string of the molecule is Cc1ccc(S(=O)(=O)n2cc(-c3ccccc3)c3cc(-c4ccc(C5CCN(C)CC5)c(C)c4)cnc32)cc1. The van der Waals surface area contributed by atoms with E-state index in [9.17, 15) is 8.42 Å². The van der Waals surface area contributed by atoms with Crippen molar-refractivity contribution in [1.82, 2.24) is 13.9 Å². The summed E-state index contributed by atoms with van der Waals surface area (Å²) in [6.45, 7) is 6.41. The van der Waals surface area contributed by atoms with Crippen LogP contribution in [-0.2, 0) is 10.0 Å². The topological polar surface area (TPSA) is 55.2 Å². The van der Waals surface area contributed by atoms with E-state index in [4.69, 9.17) is 4.98 Å². The summed E-state index contributed by atoms with van der Waals surface area (Å²) in [5.74, 6) is 0.599. The zero-order chi connectivity index (χ0) is 27.1. The smallest absolute Gasteiger partial charge is 0.269 e. The lowest BCUT2D eigenvalue weighted by atomic mass is 9.86. The molecule has 0 N–H and O–H groups in total. The Morgan fingerprint density at radius 1 is 0.821 bits per heavy atom. The minimum atomic E-state index is -3.82. The van der Waals surface area contributed by atoms with Crippen LogP contribution in [0.4, 0.5) is 0 Å². The van der Waals surface area contributed by atoms with Gasteiger partial charge in [-0.2, -0.15) is 0 Å². The van der Waals surface area contributed by atoms with E-state index in [1.165, 1.54) is 27.9 Å². The fraction of sp³-hybridized carbons (Fsp3) is 0.242. The molecular weight excluding hydrogens is 502 g/mol. The van der Waals surface area contributed by atoms with Gasteiger partial charge in [0.2, 0.25) is 0 Å². The molecule has 1 aliphatic heterocycles. The van der Waals surface area contributed by atoms with Crippen LogP contribution in [0.5, 0.6) is 0 Å². The van der Waals surface area contributed by atoms with E-state index in [1.54, 1.807) is 24.5 Å². The Bertz CT molecular complexity index is 1750. The molecule has 6 rings (SSSR count). The number of benzene rings is 3. The third-order valence-corrected chi connectivity index (χ3v) is 9.70. The Balaban J connectivity index is 1.46. The van der Waals surface area contributed by atoms with Crippen molar-refractivity contribution in [2.45, 2.75) is 37.5 Å². The third-order valence-electron chi connectivity index (χ3n) is 8.04. The van der Waals surface area contributed by atoms with E-state index < -0.39 is 10.0 Å². The quantitative estimate of drug-likeness (QED) is 0.242. The fourth-order valence-electron chi connectivity index (χ4n) is 5.72. The van der Waals surface area contributed by atoms with Crippen molar-refractivity contribution in [3.8, 4) is 22.3 Å². The van der Waals surface area contributed by atoms with Crippen LogP contribution in [-0.4, -0.2) is 42.4 Å². The number of rotatable bonds is 5. The van der Waals surface area contributed by atoms with E-state index in [2.05, 4.69) is 43.1 Å². The molecule has 2 aromatic heterocycles. The number of hydrogen-bond donors (Lipinski definition) is 0. The summed E-state index contributed by atoms with van der Waals surface area (Å²) < 4.78 is 28.8. The van der Waals surface area contributed by atoms with Gasteiger partial charge in [0.15, 0.2) is 5.65 Å². The average molecular weight is 536 g/mol. The number of aromatic nitrogens is 2. The van der Waals surface area contributed by atoms with Crippen molar-refractivity contribution in [3.05, 3.63) is 108 Å². The number of nitrogens with zero attached hydrogens (tertiary/aromatic N) is 3. The number of piperidine rings is 1. The molecule has 1 saturated heterocycles. The van der Waals surface area contributed by atoms with Crippen LogP contribution >= 0.6 is 0 Å². The molecule has 3 aromatic carbocycles. The van der Waals surface area contributed by atoms with E-state index in [0.717, 1.165) is 46.3 Å². The van der Waals surface area contributed by atoms with Crippen LogP contribution in [0.3, 0.4) is 0 Å². The summed E-state index contributed by atoms with van der Waals surface area (Å²) >= 11 is 0. The van der Waals surface area contributed by atoms with Crippen molar-refractivity contribution >= 4 is 21.1 Å². The molecule has 0 saturated carbocycles. The van der Waals surface area contributed by atoms with E-state index in [1.807, 2.05) is 49.4 Å². The molecule has 1 fully saturated rings. The monoisotopic (exact) mass is 535 g/mol. The highest BCUT2D eigenvalue weighted by Crippen LogP contribution is 2.36. The van der Waals surface area contributed by atoms with E-state index in [-0.39, 0.29) is 4.90 Å². The maximum absolute atomic E-state index is 13.7. The standard InChI is InChI=1S/C33H33N3O2S/c1-23-9-12-29(13-10-23)39(37,38)36-22-32(25-7-5-4-6-8-25)31-20-28(21-34-33(31)36)27-11-14-30(24(2)19-27)26-15-17-35(3)18-16-26/h4-14,19-22,26H,15-18H2,1-3H3. The molecule has 0 radical (unpaired) electrons. The lowest BCUT2D eigenvalue weighted by Gasteiger charge is -2.30. The van der Waals surface area contributed by atoms with E-state index in [0.29, 0.717) is 11.6 Å². The molecule has 0 spiro atoms. The second-order valence-corrected chi connectivity index (χ2v) is 12.6. The van der Waals surface area contributed by atoms with Gasteiger partial charge < -0.3 is 4.90 Å². The van der Waals surface area contributed by atoms with Crippen LogP contribution in [0.15, 0.2) is 96.2 Å². The van der Waals surface area contributed by atoms with Crippen molar-refractivity contribution in [3.63, 3.8) is 0 Å². The predicted octanol–water partition coefficient (Wildman–Crippen LogP) is 7.03. The number of fused-ring (bicyclic) bond motifs is 1. The van der Waals surface area contributed by atoms with Crippen LogP contribution in [0, 0.1) is 13.8 Å². The normalized spacial score (nSPS) is 15.2. The Labute approximate surface area is 230 Å². The van der Waals surface area contributed by atoms with Gasteiger partial charge in [0.1, 0.15) is 0 Å². The van der Waals surface area contributed by atoms with Crippen molar-refractivity contribution in [2.75, 3.05) is 20.1 Å². The second-order valence-electron chi connectivity index (χ2n) is 10.8. The first-order chi connectivity index (χ1) is 18.8. The molecule has 0 amide bonds. The van der Waals surface area contributed by atoms with Gasteiger partial charge in [-0.05, 0) is 93.2 Å². The minimum Gasteiger partial charge on any atom is -0.306 e. The Kier molecular flexibility index (Phi) is 6.61. The van der Waals surface area contributed by atoms with Gasteiger partial charge in [0.25, 0.3) is 10.0 Å². The number of hydrogen-bond acceptors (Lipinski definition) is 4. The Morgan fingerprint density at radius 2 is 1.54 bits per heavy atom. The first-order valence-corrected chi connectivity index (χ1v) is 14.9. The van der Waals surface area contributed by atoms with Crippen LogP contribution < -0.4 is 0 Å². The molecule has 5 aromatic rings. The lowest BCUT2D eigenvalue weighted by Crippen LogP contribution is -2.29. The average Bonchev–Trinajstić information content (AvgIpc) is 3.34. The van der Waals surface area contributed by atoms with Crippen LogP contribution in [0.1, 0.15) is 35.4 Å². The first kappa shape index (κ1) is 25.5. The highest BCUT2D eigenvalue weighted by Gasteiger charge is 2.24. The predicted molar refractivity (Wildman–Crippen MR) is 159 cm³/mol. The van der Waals surface area contributed by atoms with Gasteiger partial charge in [0.05, 0.1) is 4.90 Å². The second kappa shape index (κ2) is 10.1. The molecule has 39 heavy (non-hydrogen) atoms. The maximum atomic E-state index is 13.7. The Hall–Kier alpha value is -3.74. The molecule has 0 bridgehead atoms. The molecule has 6 heteroatoms. The molecule has 0 unspecified atom stereocenters. The molecule has 0 atom stereocenters. The van der Waals surface area contributed by atoms with Gasteiger partial charge >= 0.3 is 0 Å². The maximum Gasteiger partial charge on any atom is 0.269 e. The third kappa shape index (κ3) is 4.79. The van der Waals surface area contributed by atoms with Crippen LogP contribution in [0.25, 0.3) is 33.3 Å². The fourth-order valence-corrected chi connectivity index (χ4v) is 7.05. The highest BCUT2D eigenvalue weighted by atomic mass is 32.2. The van der Waals surface area contributed by atoms with Gasteiger partial charge in [-0.25, -0.2) is 17.4 Å². The van der Waals surface area contributed by atoms with Gasteiger partial charge in [-0.15, -0.1) is 0 Å². The summed E-state index contributed by atoms with van der Waals surface area (Å²) in [7, 11) is -1.63. The number of pyridine rings is 1. The van der Waals surface area contributed by atoms with Crippen LogP contribution in [0.2, 0.25) is 0 Å². The number of likely N-dealkylation sites (tertiary alicyclic amines) is 1. The zero-order valence-corrected chi connectivity index (χ0v) is 23.4. The molecule has 1 aliphatic rings. The van der Waals surface area contributed by atoms with Crippen molar-refractivity contribution in [2.24, 2.45) is 0 Å². The minimum absolute atomic E-state index is 0.246. The largest absolute Gasteiger partial charge is 0.306 e. The zero-order valence-electron chi connectivity index (χ0n) is 22.6. The van der Waals surface area contributed by atoms with Crippen molar-refractivity contribution in [1.29, 1.82) is 0 Å². The molecule has 3 heterocycles. The summed E-state index contributed by atoms with van der Waals surface area (Å²) in [6.07, 6.45) is 5.88. The summed E-state index contributed by atoms with van der Waals surface area (Å²) in [4.78, 5) is 7.39. The molecule has 198 valence electrons. The van der Waals surface area contributed by atoms with Crippen molar-refractivity contribution < 1.29 is 8.42 Å². The first-order valence-electron chi connectivity index (χ1n) is 13.5. The van der Waals surface area contributed by atoms with Gasteiger partial charge in [-0.1, -0.05) is 66.2 Å². The van der Waals surface area contributed by atoms with Gasteiger partial charge in [0, 0.05) is 28.9 Å². The Morgan fingerprint density at radius 3 is 2.23 bits per heavy atom. The summed E-state index contributed by atoms with van der Waals surface area (Å²) in [5.41, 5.74) is 8.03. The lowest BCUT2D eigenvalue weighted by molar-refractivity contribution is 0.255. The van der Waals surface area contributed by atoms with Gasteiger partial charge in [-0.3, -0.25) is 0 Å². The summed E-state index contributed by atoms with van der Waals surface area (Å²) in [5, 5.41) is 0.812. The van der Waals surface area contributed by atoms with E-state index >= 15 is 0 Å².